The summed E-state index contributed by atoms with van der Waals surface area (Å²) in [4.78, 5) is 21.6. The van der Waals surface area contributed by atoms with Crippen molar-refractivity contribution in [3.8, 4) is 0 Å². The molecular formula is C16H30O4Si. The van der Waals surface area contributed by atoms with Crippen LogP contribution in [0, 0.1) is 0 Å². The van der Waals surface area contributed by atoms with E-state index in [0.29, 0.717) is 6.61 Å². The topological polar surface area (TPSA) is 63.6 Å². The quantitative estimate of drug-likeness (QED) is 0.253. The summed E-state index contributed by atoms with van der Waals surface area (Å²) in [6.07, 6.45) is 6.41. The van der Waals surface area contributed by atoms with Crippen molar-refractivity contribution in [3.05, 3.63) is 12.2 Å². The Labute approximate surface area is 129 Å². The average molecular weight is 314 g/mol. The second-order valence-corrected chi connectivity index (χ2v) is 10.7. The molecule has 0 fully saturated rings. The van der Waals surface area contributed by atoms with Crippen LogP contribution in [-0.4, -0.2) is 31.7 Å². The second kappa shape index (κ2) is 11.5. The fraction of sp³-hybridized carbons (Fsp3) is 0.750. The van der Waals surface area contributed by atoms with Crippen molar-refractivity contribution < 1.29 is 19.4 Å². The molecule has 122 valence electrons. The number of ether oxygens (including phenoxy) is 1. The number of rotatable bonds is 12. The van der Waals surface area contributed by atoms with E-state index >= 15 is 0 Å². The van der Waals surface area contributed by atoms with Gasteiger partial charge in [-0.3, -0.25) is 0 Å². The minimum absolute atomic E-state index is 0.398. The summed E-state index contributed by atoms with van der Waals surface area (Å²) in [5.74, 6) is -1.70. The molecule has 5 heteroatoms. The standard InChI is InChI=1S/C16H30O4Si/c1-4-11-21(12-5-2,13-6-3)14-7-10-20-16(19)9-8-15(17)18/h8-9H,4-7,10-14H2,1-3H3,(H,17,18). The van der Waals surface area contributed by atoms with Gasteiger partial charge in [0.1, 0.15) is 0 Å². The SMILES string of the molecule is CCC[Si](CCC)(CCC)CCCOC(=O)C=CC(=O)O. The van der Waals surface area contributed by atoms with Gasteiger partial charge in [-0.15, -0.1) is 0 Å². The van der Waals surface area contributed by atoms with Crippen LogP contribution in [0.3, 0.4) is 0 Å². The number of hydrogen-bond donors (Lipinski definition) is 1. The van der Waals surface area contributed by atoms with Crippen LogP contribution in [0.15, 0.2) is 12.2 Å². The van der Waals surface area contributed by atoms with E-state index in [1.807, 2.05) is 0 Å². The maximum absolute atomic E-state index is 11.3. The molecule has 1 N–H and O–H groups in total. The summed E-state index contributed by atoms with van der Waals surface area (Å²) in [5, 5.41) is 8.43. The van der Waals surface area contributed by atoms with Crippen LogP contribution >= 0.6 is 0 Å². The van der Waals surface area contributed by atoms with Gasteiger partial charge in [-0.25, -0.2) is 9.59 Å². The molecule has 0 aromatic rings. The lowest BCUT2D eigenvalue weighted by Crippen LogP contribution is -2.33. The van der Waals surface area contributed by atoms with E-state index in [0.717, 1.165) is 18.6 Å². The summed E-state index contributed by atoms with van der Waals surface area (Å²) in [6.45, 7) is 7.16. The third kappa shape index (κ3) is 9.45. The van der Waals surface area contributed by atoms with Gasteiger partial charge in [0.15, 0.2) is 0 Å². The number of hydrogen-bond acceptors (Lipinski definition) is 3. The molecule has 0 aliphatic rings. The van der Waals surface area contributed by atoms with Crippen LogP contribution in [0.4, 0.5) is 0 Å². The molecular weight excluding hydrogens is 284 g/mol. The highest BCUT2D eigenvalue weighted by Crippen LogP contribution is 2.31. The number of esters is 1. The molecule has 0 heterocycles. The Morgan fingerprint density at radius 1 is 0.952 bits per heavy atom. The van der Waals surface area contributed by atoms with Gasteiger partial charge >= 0.3 is 11.9 Å². The summed E-state index contributed by atoms with van der Waals surface area (Å²) >= 11 is 0. The number of carbonyl (C=O) groups is 2. The third-order valence-electron chi connectivity index (χ3n) is 3.80. The molecule has 21 heavy (non-hydrogen) atoms. The van der Waals surface area contributed by atoms with Crippen molar-refractivity contribution in [2.75, 3.05) is 6.61 Å². The lowest BCUT2D eigenvalue weighted by molar-refractivity contribution is -0.138. The van der Waals surface area contributed by atoms with Crippen molar-refractivity contribution in [2.45, 2.75) is 70.6 Å². The molecule has 0 saturated heterocycles. The number of carboxylic acids is 1. The molecule has 4 nitrogen and oxygen atoms in total. The molecule has 0 aliphatic carbocycles. The zero-order valence-corrected chi connectivity index (χ0v) is 14.7. The molecule has 0 unspecified atom stereocenters. The minimum Gasteiger partial charge on any atom is -0.478 e. The van der Waals surface area contributed by atoms with E-state index in [9.17, 15) is 9.59 Å². The predicted molar refractivity (Wildman–Crippen MR) is 88.2 cm³/mol. The van der Waals surface area contributed by atoms with Gasteiger partial charge in [-0.2, -0.15) is 0 Å². The fourth-order valence-corrected chi connectivity index (χ4v) is 8.72. The Balaban J connectivity index is 4.23. The molecule has 0 rings (SSSR count). The van der Waals surface area contributed by atoms with E-state index in [2.05, 4.69) is 20.8 Å². The molecule has 0 bridgehead atoms. The lowest BCUT2D eigenvalue weighted by atomic mass is 10.5. The van der Waals surface area contributed by atoms with Gasteiger partial charge in [0.05, 0.1) is 14.7 Å². The van der Waals surface area contributed by atoms with Gasteiger partial charge < -0.3 is 9.84 Å². The van der Waals surface area contributed by atoms with Crippen LogP contribution in [0.25, 0.3) is 0 Å². The molecule has 0 aromatic carbocycles. The molecule has 0 amide bonds. The van der Waals surface area contributed by atoms with Gasteiger partial charge in [0.2, 0.25) is 0 Å². The van der Waals surface area contributed by atoms with Crippen LogP contribution in [0.1, 0.15) is 46.5 Å². The third-order valence-corrected chi connectivity index (χ3v) is 9.89. The zero-order valence-electron chi connectivity index (χ0n) is 13.7. The highest BCUT2D eigenvalue weighted by Gasteiger charge is 2.29. The summed E-state index contributed by atoms with van der Waals surface area (Å²) in [6, 6.07) is 5.29. The summed E-state index contributed by atoms with van der Waals surface area (Å²) in [7, 11) is -1.21. The largest absolute Gasteiger partial charge is 0.478 e. The summed E-state index contributed by atoms with van der Waals surface area (Å²) in [5.41, 5.74) is 0. The number of carboxylic acid groups (broad SMARTS) is 1. The molecule has 0 spiro atoms. The van der Waals surface area contributed by atoms with Crippen LogP contribution in [-0.2, 0) is 14.3 Å². The van der Waals surface area contributed by atoms with Gasteiger partial charge in [-0.05, 0) is 6.42 Å². The summed E-state index contributed by atoms with van der Waals surface area (Å²) < 4.78 is 5.06. The number of aliphatic carboxylic acids is 1. The Bertz CT molecular complexity index is 322. The second-order valence-electron chi connectivity index (χ2n) is 5.69. The highest BCUT2D eigenvalue weighted by atomic mass is 28.3. The molecule has 0 aliphatic heterocycles. The first kappa shape index (κ1) is 19.9. The monoisotopic (exact) mass is 314 g/mol. The van der Waals surface area contributed by atoms with Crippen molar-refractivity contribution >= 4 is 20.0 Å². The van der Waals surface area contributed by atoms with Crippen molar-refractivity contribution in [2.24, 2.45) is 0 Å². The Kier molecular flexibility index (Phi) is 10.9. The molecule has 0 atom stereocenters. The Morgan fingerprint density at radius 3 is 1.90 bits per heavy atom. The van der Waals surface area contributed by atoms with E-state index in [1.165, 1.54) is 43.4 Å². The number of carbonyl (C=O) groups excluding carboxylic acids is 1. The van der Waals surface area contributed by atoms with Crippen LogP contribution in [0.5, 0.6) is 0 Å². The lowest BCUT2D eigenvalue weighted by Gasteiger charge is -2.31. The first-order valence-corrected chi connectivity index (χ1v) is 10.9. The van der Waals surface area contributed by atoms with E-state index in [-0.39, 0.29) is 0 Å². The van der Waals surface area contributed by atoms with Crippen LogP contribution in [0.2, 0.25) is 24.2 Å². The molecule has 0 radical (unpaired) electrons. The maximum atomic E-state index is 11.3. The normalized spacial score (nSPS) is 11.8. The maximum Gasteiger partial charge on any atom is 0.331 e. The van der Waals surface area contributed by atoms with Gasteiger partial charge in [0, 0.05) is 12.2 Å². The van der Waals surface area contributed by atoms with Crippen molar-refractivity contribution in [1.29, 1.82) is 0 Å². The van der Waals surface area contributed by atoms with E-state index < -0.39 is 20.0 Å². The van der Waals surface area contributed by atoms with Crippen molar-refractivity contribution in [3.63, 3.8) is 0 Å². The Hall–Kier alpha value is -1.10. The van der Waals surface area contributed by atoms with Gasteiger partial charge in [0.25, 0.3) is 0 Å². The first-order valence-electron chi connectivity index (χ1n) is 8.07. The smallest absolute Gasteiger partial charge is 0.331 e. The van der Waals surface area contributed by atoms with E-state index in [4.69, 9.17) is 9.84 Å². The predicted octanol–water partition coefficient (Wildman–Crippen LogP) is 4.24. The first-order chi connectivity index (χ1) is 9.99. The minimum atomic E-state index is -1.21. The zero-order chi connectivity index (χ0) is 16.1. The molecule has 0 saturated carbocycles. The van der Waals surface area contributed by atoms with E-state index in [1.54, 1.807) is 0 Å². The highest BCUT2D eigenvalue weighted by molar-refractivity contribution is 6.79. The van der Waals surface area contributed by atoms with Crippen molar-refractivity contribution in [1.82, 2.24) is 0 Å². The average Bonchev–Trinajstić information content (AvgIpc) is 2.42. The fourth-order valence-electron chi connectivity index (χ4n) is 3.15. The van der Waals surface area contributed by atoms with Crippen LogP contribution < -0.4 is 0 Å². The molecule has 0 aromatic heterocycles. The van der Waals surface area contributed by atoms with Gasteiger partial charge in [-0.1, -0.05) is 64.2 Å². The Morgan fingerprint density at radius 2 is 1.48 bits per heavy atom.